The normalized spacial score (nSPS) is 16.7. The minimum atomic E-state index is -4.51. The van der Waals surface area contributed by atoms with Crippen molar-refractivity contribution in [2.75, 3.05) is 61.7 Å². The van der Waals surface area contributed by atoms with Gasteiger partial charge in [-0.15, -0.1) is 0 Å². The molecule has 0 aliphatic rings. The second-order valence-corrected chi connectivity index (χ2v) is 13.3. The first-order valence-electron chi connectivity index (χ1n) is 7.93. The van der Waals surface area contributed by atoms with Gasteiger partial charge in [-0.25, -0.2) is 0 Å². The van der Waals surface area contributed by atoms with Crippen LogP contribution in [0.5, 0.6) is 0 Å². The average molecular weight is 403 g/mol. The zero-order valence-electron chi connectivity index (χ0n) is 15.9. The van der Waals surface area contributed by atoms with Crippen molar-refractivity contribution in [2.45, 2.75) is 19.0 Å². The number of carbonyl (C=O) groups excluding carboxylic acids is 1. The van der Waals surface area contributed by atoms with E-state index in [9.17, 15) is 19.0 Å². The molecule has 0 spiro atoms. The first-order chi connectivity index (χ1) is 11.2. The predicted octanol–water partition coefficient (Wildman–Crippen LogP) is -0.492. The van der Waals surface area contributed by atoms with Crippen LogP contribution in [0.25, 0.3) is 0 Å². The summed E-state index contributed by atoms with van der Waals surface area (Å²) in [5, 5.41) is 2.49. The van der Waals surface area contributed by atoms with Gasteiger partial charge in [0.2, 0.25) is 0 Å². The molecule has 1 atom stereocenters. The SMILES string of the molecule is CO[Si-](C)(O)(CCCNC(=O)COP(=O)([O-])OCC[N+](C)(C)C)OC. The maximum atomic E-state index is 11.6. The molecule has 1 unspecified atom stereocenters. The first-order valence-corrected chi connectivity index (χ1v) is 12.4. The third kappa shape index (κ3) is 11.8. The van der Waals surface area contributed by atoms with Gasteiger partial charge in [0, 0.05) is 0 Å². The molecule has 0 bridgehead atoms. The van der Waals surface area contributed by atoms with Gasteiger partial charge in [-0.1, -0.05) is 0 Å². The van der Waals surface area contributed by atoms with Gasteiger partial charge < -0.3 is 0 Å². The molecule has 0 saturated heterocycles. The van der Waals surface area contributed by atoms with Crippen LogP contribution in [-0.4, -0.2) is 84.9 Å². The Morgan fingerprint density at radius 2 is 1.80 bits per heavy atom. The predicted molar refractivity (Wildman–Crippen MR) is 92.7 cm³/mol. The standard InChI is InChI=1S/C13H33N2O8PSi/c1-15(2,3)9-10-22-24(17,18)23-12-13(16)14-8-7-11-25(6,19,20-4)21-5/h19H,7-12H2,1-6H3,(H,14,16)(H,17,18)/p-1. The van der Waals surface area contributed by atoms with Crippen LogP contribution < -0.4 is 10.2 Å². The maximum absolute atomic E-state index is 11.6. The quantitative estimate of drug-likeness (QED) is 0.183. The van der Waals surface area contributed by atoms with Crippen LogP contribution in [0.2, 0.25) is 12.6 Å². The summed E-state index contributed by atoms with van der Waals surface area (Å²) in [5.41, 5.74) is 0. The summed E-state index contributed by atoms with van der Waals surface area (Å²) in [6.45, 7) is 1.54. The zero-order valence-corrected chi connectivity index (χ0v) is 17.8. The molecule has 10 nitrogen and oxygen atoms in total. The second-order valence-electron chi connectivity index (χ2n) is 7.13. The van der Waals surface area contributed by atoms with Gasteiger partial charge in [0.1, 0.15) is 0 Å². The van der Waals surface area contributed by atoms with E-state index in [0.29, 0.717) is 17.4 Å². The Kier molecular flexibility index (Phi) is 9.40. The summed E-state index contributed by atoms with van der Waals surface area (Å²) in [6.07, 6.45) is 0.406. The van der Waals surface area contributed by atoms with E-state index in [1.54, 1.807) is 0 Å². The number of hydrogen-bond acceptors (Lipinski definition) is 8. The zero-order chi connectivity index (χ0) is 19.8. The molecule has 152 valence electrons. The van der Waals surface area contributed by atoms with Crippen LogP contribution in [0, 0.1) is 0 Å². The summed E-state index contributed by atoms with van der Waals surface area (Å²) >= 11 is 0. The topological polar surface area (TPSA) is 126 Å². The number of nitrogens with one attached hydrogen (secondary N) is 1. The van der Waals surface area contributed by atoms with Crippen molar-refractivity contribution in [3.63, 3.8) is 0 Å². The van der Waals surface area contributed by atoms with Gasteiger partial charge in [0.25, 0.3) is 0 Å². The number of hydrogen-bond donors (Lipinski definition) is 2. The summed E-state index contributed by atoms with van der Waals surface area (Å²) in [6, 6.07) is 0.252. The summed E-state index contributed by atoms with van der Waals surface area (Å²) in [7, 11) is 0.0393. The van der Waals surface area contributed by atoms with Gasteiger partial charge in [-0.05, 0) is 0 Å². The van der Waals surface area contributed by atoms with Crippen molar-refractivity contribution < 1.29 is 41.4 Å². The Morgan fingerprint density at radius 3 is 2.28 bits per heavy atom. The van der Waals surface area contributed by atoms with Crippen molar-refractivity contribution in [1.82, 2.24) is 5.32 Å². The molecular formula is C13H32N2O8PSi-. The van der Waals surface area contributed by atoms with Crippen LogP contribution in [-0.2, 0) is 27.3 Å². The molecule has 0 aromatic rings. The number of phosphoric acid groups is 1. The average Bonchev–Trinajstić information content (AvgIpc) is 2.49. The Labute approximate surface area is 150 Å². The number of amides is 1. The van der Waals surface area contributed by atoms with Crippen LogP contribution in [0.3, 0.4) is 0 Å². The molecule has 0 aromatic heterocycles. The molecule has 12 heteroatoms. The van der Waals surface area contributed by atoms with E-state index < -0.39 is 28.4 Å². The van der Waals surface area contributed by atoms with Crippen molar-refractivity contribution in [3.8, 4) is 0 Å². The summed E-state index contributed by atoms with van der Waals surface area (Å²) in [4.78, 5) is 33.4. The molecule has 0 radical (unpaired) electrons. The van der Waals surface area contributed by atoms with Crippen LogP contribution in [0.4, 0.5) is 0 Å². The fourth-order valence-corrected chi connectivity index (χ4v) is 3.86. The number of carbonyl (C=O) groups is 1. The van der Waals surface area contributed by atoms with Gasteiger partial charge >= 0.3 is 128 Å². The van der Waals surface area contributed by atoms with Crippen LogP contribution in [0.1, 0.15) is 6.42 Å². The van der Waals surface area contributed by atoms with Gasteiger partial charge in [0.05, 0.1) is 21.1 Å². The van der Waals surface area contributed by atoms with Crippen LogP contribution >= 0.6 is 7.82 Å². The van der Waals surface area contributed by atoms with E-state index >= 15 is 0 Å². The molecular weight excluding hydrogens is 371 g/mol. The Hall–Kier alpha value is -0.363. The fourth-order valence-electron chi connectivity index (χ4n) is 1.66. The van der Waals surface area contributed by atoms with E-state index in [4.69, 9.17) is 13.4 Å². The van der Waals surface area contributed by atoms with E-state index in [2.05, 4.69) is 9.84 Å². The summed E-state index contributed by atoms with van der Waals surface area (Å²) in [5.74, 6) is -0.599. The van der Waals surface area contributed by atoms with Crippen LogP contribution in [0.15, 0.2) is 0 Å². The van der Waals surface area contributed by atoms with E-state index in [-0.39, 0.29) is 19.2 Å². The molecule has 0 aromatic carbocycles. The Balaban J connectivity index is 4.06. The Morgan fingerprint density at radius 1 is 1.24 bits per heavy atom. The minimum absolute atomic E-state index is 0.0270. The third-order valence-corrected chi connectivity index (χ3v) is 8.17. The van der Waals surface area contributed by atoms with Gasteiger partial charge in [0.15, 0.2) is 0 Å². The molecule has 0 rings (SSSR count). The molecule has 25 heavy (non-hydrogen) atoms. The number of likely N-dealkylation sites (N-methyl/N-ethyl adjacent to an activating group) is 1. The number of quaternary nitrogens is 1. The molecule has 0 aliphatic carbocycles. The Bertz CT molecular complexity index is 475. The number of nitrogens with zero attached hydrogens (tertiary/aromatic N) is 1. The molecule has 1 amide bonds. The van der Waals surface area contributed by atoms with E-state index in [1.165, 1.54) is 20.8 Å². The van der Waals surface area contributed by atoms with Gasteiger partial charge in [-0.3, -0.25) is 0 Å². The van der Waals surface area contributed by atoms with E-state index in [0.717, 1.165) is 0 Å². The van der Waals surface area contributed by atoms with Crippen molar-refractivity contribution in [1.29, 1.82) is 0 Å². The van der Waals surface area contributed by atoms with E-state index in [1.807, 2.05) is 21.1 Å². The van der Waals surface area contributed by atoms with Gasteiger partial charge in [-0.2, -0.15) is 0 Å². The summed E-state index contributed by atoms with van der Waals surface area (Å²) < 4.78 is 31.5. The molecule has 2 N–H and O–H groups in total. The fraction of sp³-hybridized carbons (Fsp3) is 0.923. The molecule has 0 heterocycles. The second kappa shape index (κ2) is 9.54. The molecule has 0 aliphatic heterocycles. The molecule has 0 saturated carbocycles. The third-order valence-electron chi connectivity index (χ3n) is 3.65. The van der Waals surface area contributed by atoms with Crippen molar-refractivity contribution in [3.05, 3.63) is 0 Å². The van der Waals surface area contributed by atoms with Crippen molar-refractivity contribution in [2.24, 2.45) is 0 Å². The number of phosphoric ester groups is 1. The van der Waals surface area contributed by atoms with Crippen molar-refractivity contribution >= 4 is 21.8 Å². The monoisotopic (exact) mass is 403 g/mol. The molecule has 0 fully saturated rings. The first kappa shape index (κ1) is 24.6. The number of rotatable bonds is 13.